The lowest BCUT2D eigenvalue weighted by molar-refractivity contribution is 0.163. The van der Waals surface area contributed by atoms with Crippen LogP contribution in [0.4, 0.5) is 11.4 Å². The molecule has 4 N–H and O–H groups in total. The van der Waals surface area contributed by atoms with Crippen molar-refractivity contribution in [1.82, 2.24) is 10.3 Å². The third-order valence-electron chi connectivity index (χ3n) is 4.81. The number of hydrogen-bond donors (Lipinski definition) is 4. The first-order valence-corrected chi connectivity index (χ1v) is 11.7. The fourth-order valence-electron chi connectivity index (χ4n) is 3.21. The highest BCUT2D eigenvalue weighted by molar-refractivity contribution is 7.92. The lowest BCUT2D eigenvalue weighted by Gasteiger charge is -2.16. The summed E-state index contributed by atoms with van der Waals surface area (Å²) in [5.41, 5.74) is 1.94. The van der Waals surface area contributed by atoms with Gasteiger partial charge in [-0.1, -0.05) is 41.9 Å². The highest BCUT2D eigenvalue weighted by atomic mass is 35.5. The van der Waals surface area contributed by atoms with Crippen molar-refractivity contribution in [3.8, 4) is 0 Å². The van der Waals surface area contributed by atoms with Crippen molar-refractivity contribution in [2.24, 2.45) is 0 Å². The highest BCUT2D eigenvalue weighted by Crippen LogP contribution is 2.31. The van der Waals surface area contributed by atoms with E-state index in [1.54, 1.807) is 36.7 Å². The van der Waals surface area contributed by atoms with E-state index in [-0.39, 0.29) is 4.90 Å². The molecule has 3 aromatic carbocycles. The third kappa shape index (κ3) is 5.17. The van der Waals surface area contributed by atoms with Crippen molar-refractivity contribution in [3.05, 3.63) is 95.8 Å². The summed E-state index contributed by atoms with van der Waals surface area (Å²) in [7, 11) is -3.82. The van der Waals surface area contributed by atoms with Gasteiger partial charge < -0.3 is 10.4 Å². The molecule has 164 valence electrons. The number of sulfonamides is 1. The number of aliphatic hydroxyl groups excluding tert-OH is 1. The summed E-state index contributed by atoms with van der Waals surface area (Å²) in [6, 6.07) is 20.4. The second kappa shape index (κ2) is 9.54. The van der Waals surface area contributed by atoms with Gasteiger partial charge >= 0.3 is 0 Å². The van der Waals surface area contributed by atoms with Gasteiger partial charge in [0.05, 0.1) is 10.6 Å². The summed E-state index contributed by atoms with van der Waals surface area (Å²) in [5.74, 6) is 0. The number of fused-ring (bicyclic) bond motifs is 1. The zero-order valence-electron chi connectivity index (χ0n) is 16.9. The molecule has 0 saturated carbocycles. The molecule has 7 nitrogen and oxygen atoms in total. The van der Waals surface area contributed by atoms with Gasteiger partial charge in [0.25, 0.3) is 10.0 Å². The summed E-state index contributed by atoms with van der Waals surface area (Å²) >= 11 is 6.22. The van der Waals surface area contributed by atoms with Crippen LogP contribution in [0.5, 0.6) is 0 Å². The number of hydrogen-bond acceptors (Lipinski definition) is 6. The molecule has 0 fully saturated rings. The molecule has 0 aliphatic heterocycles. The van der Waals surface area contributed by atoms with Crippen LogP contribution in [-0.2, 0) is 16.6 Å². The second-order valence-electron chi connectivity index (χ2n) is 7.06. The Morgan fingerprint density at radius 3 is 2.41 bits per heavy atom. The van der Waals surface area contributed by atoms with Crippen molar-refractivity contribution < 1.29 is 13.5 Å². The van der Waals surface area contributed by atoms with Crippen LogP contribution in [0.3, 0.4) is 0 Å². The van der Waals surface area contributed by atoms with Gasteiger partial charge in [-0.2, -0.15) is 0 Å². The van der Waals surface area contributed by atoms with Crippen LogP contribution < -0.4 is 15.4 Å². The van der Waals surface area contributed by atoms with E-state index in [1.165, 1.54) is 12.1 Å². The predicted molar refractivity (Wildman–Crippen MR) is 127 cm³/mol. The van der Waals surface area contributed by atoms with Crippen molar-refractivity contribution >= 4 is 43.8 Å². The minimum absolute atomic E-state index is 0.0971. The third-order valence-corrected chi connectivity index (χ3v) is 6.52. The molecule has 32 heavy (non-hydrogen) atoms. The standard InChI is InChI=1S/C23H21ClN4O3S/c24-21-11-12-22(20-6-2-1-5-19(20)21)28-32(30,31)18-9-7-17(8-10-18)27-23(29)26-15-16-4-3-13-25-14-16/h1-14,23,26-29H,15H2. The molecular formula is C23H21ClN4O3S. The zero-order valence-corrected chi connectivity index (χ0v) is 18.4. The first-order chi connectivity index (χ1) is 15.4. The molecule has 4 rings (SSSR count). The van der Waals surface area contributed by atoms with Crippen LogP contribution in [0.15, 0.2) is 90.1 Å². The van der Waals surface area contributed by atoms with Crippen molar-refractivity contribution in [2.45, 2.75) is 17.8 Å². The predicted octanol–water partition coefficient (Wildman–Crippen LogP) is 4.17. The Kier molecular flexibility index (Phi) is 6.57. The summed E-state index contributed by atoms with van der Waals surface area (Å²) in [6.45, 7) is 0.424. The number of anilines is 2. The Hall–Kier alpha value is -3.17. The zero-order chi connectivity index (χ0) is 22.6. The first-order valence-electron chi connectivity index (χ1n) is 9.79. The van der Waals surface area contributed by atoms with Gasteiger partial charge in [-0.05, 0) is 48.0 Å². The Morgan fingerprint density at radius 2 is 1.69 bits per heavy atom. The van der Waals surface area contributed by atoms with E-state index < -0.39 is 16.4 Å². The number of aromatic nitrogens is 1. The smallest absolute Gasteiger partial charge is 0.261 e. The van der Waals surface area contributed by atoms with E-state index in [2.05, 4.69) is 20.3 Å². The van der Waals surface area contributed by atoms with Gasteiger partial charge in [-0.25, -0.2) is 8.42 Å². The molecule has 0 spiro atoms. The first kappa shape index (κ1) is 22.0. The van der Waals surface area contributed by atoms with Crippen molar-refractivity contribution in [3.63, 3.8) is 0 Å². The quantitative estimate of drug-likeness (QED) is 0.289. The number of benzene rings is 3. The van der Waals surface area contributed by atoms with Crippen molar-refractivity contribution in [2.75, 3.05) is 10.0 Å². The molecule has 0 bridgehead atoms. The maximum Gasteiger partial charge on any atom is 0.261 e. The molecular weight excluding hydrogens is 448 g/mol. The fraction of sp³-hybridized carbons (Fsp3) is 0.0870. The van der Waals surface area contributed by atoms with Crippen LogP contribution in [-0.4, -0.2) is 24.9 Å². The Bertz CT molecular complexity index is 1320. The van der Waals surface area contributed by atoms with Gasteiger partial charge in [0.15, 0.2) is 6.35 Å². The van der Waals surface area contributed by atoms with Crippen LogP contribution in [0.25, 0.3) is 10.8 Å². The molecule has 1 heterocycles. The normalized spacial score (nSPS) is 12.4. The molecule has 0 saturated heterocycles. The maximum absolute atomic E-state index is 12.9. The Morgan fingerprint density at radius 1 is 0.938 bits per heavy atom. The largest absolute Gasteiger partial charge is 0.361 e. The molecule has 1 aromatic heterocycles. The summed E-state index contributed by atoms with van der Waals surface area (Å²) in [6.07, 6.45) is 2.37. The van der Waals surface area contributed by atoms with Crippen LogP contribution in [0.1, 0.15) is 5.56 Å². The minimum atomic E-state index is -3.82. The lowest BCUT2D eigenvalue weighted by atomic mass is 10.1. The van der Waals surface area contributed by atoms with Gasteiger partial charge in [0.2, 0.25) is 0 Å². The Labute approximate surface area is 191 Å². The van der Waals surface area contributed by atoms with Crippen LogP contribution >= 0.6 is 11.6 Å². The van der Waals surface area contributed by atoms with Crippen molar-refractivity contribution in [1.29, 1.82) is 0 Å². The molecule has 4 aromatic rings. The number of aliphatic hydroxyl groups is 1. The summed E-state index contributed by atoms with van der Waals surface area (Å²) < 4.78 is 28.4. The summed E-state index contributed by atoms with van der Waals surface area (Å²) in [5, 5.41) is 17.9. The van der Waals surface area contributed by atoms with E-state index in [1.807, 2.05) is 36.4 Å². The van der Waals surface area contributed by atoms with E-state index in [4.69, 9.17) is 11.6 Å². The van der Waals surface area contributed by atoms with Gasteiger partial charge in [0.1, 0.15) is 0 Å². The minimum Gasteiger partial charge on any atom is -0.361 e. The van der Waals surface area contributed by atoms with Crippen LogP contribution in [0.2, 0.25) is 5.02 Å². The van der Waals surface area contributed by atoms with Crippen LogP contribution in [0, 0.1) is 0 Å². The SMILES string of the molecule is O=S(=O)(Nc1ccc(Cl)c2ccccc12)c1ccc(NC(O)NCc2cccnc2)cc1. The highest BCUT2D eigenvalue weighted by Gasteiger charge is 2.16. The average Bonchev–Trinajstić information content (AvgIpc) is 2.81. The molecule has 0 radical (unpaired) electrons. The molecule has 0 aliphatic rings. The molecule has 1 atom stereocenters. The molecule has 9 heteroatoms. The van der Waals surface area contributed by atoms with Gasteiger partial charge in [0, 0.05) is 40.4 Å². The number of nitrogens with zero attached hydrogens (tertiary/aromatic N) is 1. The Balaban J connectivity index is 1.43. The van der Waals surface area contributed by atoms with E-state index in [9.17, 15) is 13.5 Å². The topological polar surface area (TPSA) is 103 Å². The molecule has 0 amide bonds. The van der Waals surface area contributed by atoms with E-state index in [0.717, 1.165) is 10.9 Å². The van der Waals surface area contributed by atoms with Gasteiger partial charge in [-0.15, -0.1) is 0 Å². The second-order valence-corrected chi connectivity index (χ2v) is 9.15. The number of rotatable bonds is 8. The number of pyridine rings is 1. The summed E-state index contributed by atoms with van der Waals surface area (Å²) in [4.78, 5) is 4.12. The van der Waals surface area contributed by atoms with E-state index in [0.29, 0.717) is 28.3 Å². The molecule has 1 unspecified atom stereocenters. The number of halogens is 1. The average molecular weight is 469 g/mol. The van der Waals surface area contributed by atoms with Gasteiger partial charge in [-0.3, -0.25) is 15.0 Å². The number of nitrogens with one attached hydrogen (secondary N) is 3. The fourth-order valence-corrected chi connectivity index (χ4v) is 4.52. The maximum atomic E-state index is 12.9. The monoisotopic (exact) mass is 468 g/mol. The molecule has 0 aliphatic carbocycles. The lowest BCUT2D eigenvalue weighted by Crippen LogP contribution is -2.35. The van der Waals surface area contributed by atoms with E-state index >= 15 is 0 Å².